The first-order valence-electron chi connectivity index (χ1n) is 9.25. The predicted octanol–water partition coefficient (Wildman–Crippen LogP) is 2.71. The second-order valence-electron chi connectivity index (χ2n) is 8.04. The zero-order valence-corrected chi connectivity index (χ0v) is 14.4. The maximum atomic E-state index is 13.3. The Kier molecular flexibility index (Phi) is 3.11. The lowest BCUT2D eigenvalue weighted by Crippen LogP contribution is -2.51. The van der Waals surface area contributed by atoms with E-state index in [0.717, 1.165) is 35.1 Å². The standard InChI is InChI=1S/C19H24N4O/c1-11(2)23-17-9-20-8-14-18(17)16(21-23)7-13(19(14)24)15-10-22-5-3-12(15)4-6-22/h8-9,11-13,15H,3-7,10H2,1-2H3/t13-,15?/m0/s1. The summed E-state index contributed by atoms with van der Waals surface area (Å²) in [5.74, 6) is 1.61. The lowest BCUT2D eigenvalue weighted by molar-refractivity contribution is 0.0192. The number of carbonyl (C=O) groups is 1. The number of nitrogens with zero attached hydrogens (tertiary/aromatic N) is 4. The van der Waals surface area contributed by atoms with Crippen LogP contribution in [0.4, 0.5) is 0 Å². The van der Waals surface area contributed by atoms with Crippen LogP contribution >= 0.6 is 0 Å². The fraction of sp³-hybridized carbons (Fsp3) is 0.632. The molecule has 0 spiro atoms. The molecule has 3 fully saturated rings. The second kappa shape index (κ2) is 5.12. The molecule has 0 N–H and O–H groups in total. The van der Waals surface area contributed by atoms with Gasteiger partial charge in [-0.3, -0.25) is 14.5 Å². The summed E-state index contributed by atoms with van der Waals surface area (Å²) in [6.45, 7) is 7.78. The lowest BCUT2D eigenvalue weighted by atomic mass is 9.67. The molecule has 6 rings (SSSR count). The summed E-state index contributed by atoms with van der Waals surface area (Å²) in [5, 5.41) is 5.93. The van der Waals surface area contributed by atoms with Crippen molar-refractivity contribution in [2.45, 2.75) is 39.2 Å². The van der Waals surface area contributed by atoms with Crippen LogP contribution in [0.5, 0.6) is 0 Å². The van der Waals surface area contributed by atoms with Gasteiger partial charge in [0.2, 0.25) is 0 Å². The zero-order chi connectivity index (χ0) is 16.4. The molecule has 2 bridgehead atoms. The highest BCUT2D eigenvalue weighted by molar-refractivity contribution is 6.11. The van der Waals surface area contributed by atoms with Gasteiger partial charge in [0.25, 0.3) is 0 Å². The van der Waals surface area contributed by atoms with Gasteiger partial charge in [0, 0.05) is 42.1 Å². The quantitative estimate of drug-likeness (QED) is 0.852. The molecule has 1 unspecified atom stereocenters. The third-order valence-electron chi connectivity index (χ3n) is 6.42. The van der Waals surface area contributed by atoms with Gasteiger partial charge < -0.3 is 4.90 Å². The number of pyridine rings is 1. The monoisotopic (exact) mass is 324 g/mol. The number of Topliss-reactive ketones (excluding diaryl/α,β-unsaturated/α-hetero) is 1. The van der Waals surface area contributed by atoms with E-state index in [2.05, 4.69) is 23.7 Å². The molecule has 0 radical (unpaired) electrons. The Labute approximate surface area is 142 Å². The normalized spacial score (nSPS) is 32.0. The van der Waals surface area contributed by atoms with Crippen molar-refractivity contribution in [1.29, 1.82) is 0 Å². The number of aromatic nitrogens is 3. The number of carbonyl (C=O) groups excluding carboxylic acids is 1. The van der Waals surface area contributed by atoms with E-state index in [4.69, 9.17) is 5.10 Å². The van der Waals surface area contributed by atoms with Crippen molar-refractivity contribution >= 4 is 16.7 Å². The summed E-state index contributed by atoms with van der Waals surface area (Å²) in [4.78, 5) is 20.2. The first kappa shape index (κ1) is 14.6. The topological polar surface area (TPSA) is 51.0 Å². The Balaban J connectivity index is 1.59. The Morgan fingerprint density at radius 3 is 2.67 bits per heavy atom. The van der Waals surface area contributed by atoms with E-state index in [0.29, 0.717) is 17.6 Å². The summed E-state index contributed by atoms with van der Waals surface area (Å²) in [5.41, 5.74) is 2.93. The van der Waals surface area contributed by atoms with Crippen LogP contribution in [0.2, 0.25) is 0 Å². The van der Waals surface area contributed by atoms with Crippen molar-refractivity contribution in [3.8, 4) is 0 Å². The molecule has 4 aliphatic rings. The van der Waals surface area contributed by atoms with E-state index in [1.165, 1.54) is 25.9 Å². The molecule has 0 aromatic carbocycles. The molecule has 5 heterocycles. The lowest BCUT2D eigenvalue weighted by Gasteiger charge is -2.47. The minimum atomic E-state index is 0.0912. The van der Waals surface area contributed by atoms with Gasteiger partial charge in [0.05, 0.1) is 17.4 Å². The molecule has 2 aromatic heterocycles. The summed E-state index contributed by atoms with van der Waals surface area (Å²) in [6, 6.07) is 0.279. The van der Waals surface area contributed by atoms with Gasteiger partial charge in [-0.1, -0.05) is 0 Å². The van der Waals surface area contributed by atoms with Crippen LogP contribution in [0.3, 0.4) is 0 Å². The van der Waals surface area contributed by atoms with Crippen LogP contribution in [0.1, 0.15) is 48.8 Å². The van der Waals surface area contributed by atoms with Gasteiger partial charge in [0.15, 0.2) is 5.78 Å². The molecule has 5 nitrogen and oxygen atoms in total. The second-order valence-corrected chi connectivity index (χ2v) is 8.04. The van der Waals surface area contributed by atoms with Crippen LogP contribution in [0, 0.1) is 17.8 Å². The molecule has 5 heteroatoms. The van der Waals surface area contributed by atoms with E-state index in [1.807, 2.05) is 10.9 Å². The smallest absolute Gasteiger partial charge is 0.168 e. The molecule has 0 saturated carbocycles. The van der Waals surface area contributed by atoms with Gasteiger partial charge in [-0.25, -0.2) is 0 Å². The summed E-state index contributed by atoms with van der Waals surface area (Å²) >= 11 is 0. The minimum Gasteiger partial charge on any atom is -0.303 e. The first-order valence-corrected chi connectivity index (χ1v) is 9.25. The van der Waals surface area contributed by atoms with Crippen molar-refractivity contribution in [2.75, 3.05) is 19.6 Å². The molecule has 2 aromatic rings. The van der Waals surface area contributed by atoms with Gasteiger partial charge in [-0.2, -0.15) is 5.10 Å². The number of fused-ring (bicyclic) bond motifs is 3. The van der Waals surface area contributed by atoms with Crippen molar-refractivity contribution in [2.24, 2.45) is 17.8 Å². The molecular weight excluding hydrogens is 300 g/mol. The number of rotatable bonds is 2. The van der Waals surface area contributed by atoms with Gasteiger partial charge in [-0.15, -0.1) is 0 Å². The largest absolute Gasteiger partial charge is 0.303 e. The van der Waals surface area contributed by atoms with Crippen molar-refractivity contribution in [3.05, 3.63) is 23.7 Å². The average Bonchev–Trinajstić information content (AvgIpc) is 2.99. The number of piperidine rings is 3. The van der Waals surface area contributed by atoms with Crippen LogP contribution in [0.15, 0.2) is 12.4 Å². The highest BCUT2D eigenvalue weighted by Crippen LogP contribution is 2.42. The van der Waals surface area contributed by atoms with E-state index in [1.54, 1.807) is 6.20 Å². The fourth-order valence-corrected chi connectivity index (χ4v) is 5.20. The highest BCUT2D eigenvalue weighted by Gasteiger charge is 2.44. The Morgan fingerprint density at radius 1 is 1.21 bits per heavy atom. The van der Waals surface area contributed by atoms with Crippen molar-refractivity contribution in [3.63, 3.8) is 0 Å². The maximum Gasteiger partial charge on any atom is 0.168 e. The Morgan fingerprint density at radius 2 is 2.00 bits per heavy atom. The Hall–Kier alpha value is -1.75. The van der Waals surface area contributed by atoms with Crippen LogP contribution < -0.4 is 0 Å². The zero-order valence-electron chi connectivity index (χ0n) is 14.4. The van der Waals surface area contributed by atoms with Crippen LogP contribution in [-0.4, -0.2) is 45.1 Å². The van der Waals surface area contributed by atoms with Crippen molar-refractivity contribution in [1.82, 2.24) is 19.7 Å². The molecule has 2 atom stereocenters. The fourth-order valence-electron chi connectivity index (χ4n) is 5.20. The van der Waals surface area contributed by atoms with E-state index < -0.39 is 0 Å². The average molecular weight is 324 g/mol. The van der Waals surface area contributed by atoms with Crippen LogP contribution in [0.25, 0.3) is 10.9 Å². The van der Waals surface area contributed by atoms with E-state index in [-0.39, 0.29) is 12.0 Å². The summed E-state index contributed by atoms with van der Waals surface area (Å²) < 4.78 is 2.04. The van der Waals surface area contributed by atoms with Gasteiger partial charge in [0.1, 0.15) is 0 Å². The molecule has 0 amide bonds. The minimum absolute atomic E-state index is 0.0912. The Bertz CT molecular complexity index is 816. The van der Waals surface area contributed by atoms with E-state index >= 15 is 0 Å². The molecule has 3 aliphatic heterocycles. The van der Waals surface area contributed by atoms with Crippen LogP contribution in [-0.2, 0) is 6.42 Å². The molecule has 1 aliphatic carbocycles. The van der Waals surface area contributed by atoms with Gasteiger partial charge >= 0.3 is 0 Å². The molecule has 24 heavy (non-hydrogen) atoms. The third-order valence-corrected chi connectivity index (χ3v) is 6.42. The third kappa shape index (κ3) is 1.94. The van der Waals surface area contributed by atoms with Gasteiger partial charge in [-0.05, 0) is 51.6 Å². The molecule has 126 valence electrons. The highest BCUT2D eigenvalue weighted by atomic mass is 16.1. The maximum absolute atomic E-state index is 13.3. The summed E-state index contributed by atoms with van der Waals surface area (Å²) in [7, 11) is 0. The van der Waals surface area contributed by atoms with E-state index in [9.17, 15) is 4.79 Å². The number of hydrogen-bond acceptors (Lipinski definition) is 4. The number of hydrogen-bond donors (Lipinski definition) is 0. The molecule has 3 saturated heterocycles. The van der Waals surface area contributed by atoms with Crippen molar-refractivity contribution < 1.29 is 4.79 Å². The predicted molar refractivity (Wildman–Crippen MR) is 92.1 cm³/mol. The summed E-state index contributed by atoms with van der Waals surface area (Å²) in [6.07, 6.45) is 6.95. The first-order chi connectivity index (χ1) is 11.6. The molecular formula is C19H24N4O. The number of ketones is 1. The SMILES string of the molecule is CC(C)n1nc2c3c(cncc31)C(=O)[C@H](C1CN3CCC1CC3)C2.